The average molecular weight is 367 g/mol. The number of urea groups is 1. The third-order valence-corrected chi connectivity index (χ3v) is 5.14. The Morgan fingerprint density at radius 3 is 2.63 bits per heavy atom. The highest BCUT2D eigenvalue weighted by Gasteiger charge is 2.20. The molecule has 2 N–H and O–H groups in total. The van der Waals surface area contributed by atoms with E-state index >= 15 is 0 Å². The van der Waals surface area contributed by atoms with Gasteiger partial charge in [0.1, 0.15) is 0 Å². The van der Waals surface area contributed by atoms with Gasteiger partial charge in [-0.05, 0) is 49.5 Å². The topological polar surface area (TPSA) is 62.8 Å². The second-order valence-electron chi connectivity index (χ2n) is 7.11. The smallest absolute Gasteiger partial charge is 0.319 e. The summed E-state index contributed by atoms with van der Waals surface area (Å²) in [5.74, 6) is 1.90. The van der Waals surface area contributed by atoms with Gasteiger partial charge in [-0.1, -0.05) is 30.3 Å². The van der Waals surface area contributed by atoms with Gasteiger partial charge in [-0.3, -0.25) is 4.90 Å². The van der Waals surface area contributed by atoms with Crippen molar-refractivity contribution >= 4 is 11.7 Å². The van der Waals surface area contributed by atoms with E-state index in [1.165, 1.54) is 5.56 Å². The van der Waals surface area contributed by atoms with Gasteiger partial charge in [-0.25, -0.2) is 4.79 Å². The number of nitrogens with one attached hydrogen (secondary N) is 2. The highest BCUT2D eigenvalue weighted by atomic mass is 16.7. The number of hydrogen-bond acceptors (Lipinski definition) is 4. The predicted molar refractivity (Wildman–Crippen MR) is 104 cm³/mol. The molecule has 142 valence electrons. The molecule has 2 amide bonds. The number of nitrogens with zero attached hydrogens (tertiary/aromatic N) is 1. The van der Waals surface area contributed by atoms with Crippen LogP contribution in [0, 0.1) is 5.92 Å². The minimum absolute atomic E-state index is 0.180. The molecule has 0 radical (unpaired) electrons. The lowest BCUT2D eigenvalue weighted by molar-refractivity contribution is 0.174. The molecular formula is C21H25N3O3. The Morgan fingerprint density at radius 2 is 1.81 bits per heavy atom. The monoisotopic (exact) mass is 367 g/mol. The quantitative estimate of drug-likeness (QED) is 0.850. The van der Waals surface area contributed by atoms with Gasteiger partial charge < -0.3 is 20.1 Å². The first kappa shape index (κ1) is 17.7. The van der Waals surface area contributed by atoms with Gasteiger partial charge in [-0.15, -0.1) is 0 Å². The van der Waals surface area contributed by atoms with Gasteiger partial charge >= 0.3 is 6.03 Å². The van der Waals surface area contributed by atoms with Crippen molar-refractivity contribution in [3.63, 3.8) is 0 Å². The summed E-state index contributed by atoms with van der Waals surface area (Å²) in [5, 5.41) is 5.85. The van der Waals surface area contributed by atoms with Crippen LogP contribution in [0.25, 0.3) is 0 Å². The van der Waals surface area contributed by atoms with E-state index in [1.54, 1.807) is 12.1 Å². The van der Waals surface area contributed by atoms with Crippen molar-refractivity contribution in [3.8, 4) is 11.5 Å². The van der Waals surface area contributed by atoms with Crippen LogP contribution < -0.4 is 20.1 Å². The van der Waals surface area contributed by atoms with E-state index in [1.807, 2.05) is 6.07 Å². The highest BCUT2D eigenvalue weighted by molar-refractivity contribution is 5.89. The van der Waals surface area contributed by atoms with Crippen molar-refractivity contribution in [3.05, 3.63) is 54.1 Å². The first-order valence-corrected chi connectivity index (χ1v) is 9.47. The molecule has 0 aromatic heterocycles. The van der Waals surface area contributed by atoms with E-state index in [2.05, 4.69) is 45.9 Å². The second-order valence-corrected chi connectivity index (χ2v) is 7.11. The Labute approximate surface area is 159 Å². The van der Waals surface area contributed by atoms with Crippen molar-refractivity contribution < 1.29 is 14.3 Å². The molecule has 2 aliphatic heterocycles. The van der Waals surface area contributed by atoms with Crippen molar-refractivity contribution in [1.29, 1.82) is 0 Å². The summed E-state index contributed by atoms with van der Waals surface area (Å²) in [5.41, 5.74) is 2.06. The van der Waals surface area contributed by atoms with Crippen LogP contribution in [0.5, 0.6) is 11.5 Å². The minimum atomic E-state index is -0.180. The summed E-state index contributed by atoms with van der Waals surface area (Å²) in [4.78, 5) is 14.6. The largest absolute Gasteiger partial charge is 0.454 e. The SMILES string of the molecule is O=C(NCC1CCN(Cc2ccccc2)CC1)Nc1ccc2c(c1)OCO2. The second kappa shape index (κ2) is 8.31. The fourth-order valence-electron chi connectivity index (χ4n) is 3.58. The summed E-state index contributed by atoms with van der Waals surface area (Å²) < 4.78 is 10.6. The molecule has 6 nitrogen and oxygen atoms in total. The van der Waals surface area contributed by atoms with E-state index in [-0.39, 0.29) is 12.8 Å². The fraction of sp³-hybridized carbons (Fsp3) is 0.381. The summed E-state index contributed by atoms with van der Waals surface area (Å²) >= 11 is 0. The minimum Gasteiger partial charge on any atom is -0.454 e. The molecule has 27 heavy (non-hydrogen) atoms. The van der Waals surface area contributed by atoms with Crippen LogP contribution in [0.4, 0.5) is 10.5 Å². The number of carbonyl (C=O) groups excluding carboxylic acids is 1. The van der Waals surface area contributed by atoms with Crippen LogP contribution in [0.2, 0.25) is 0 Å². The molecule has 0 saturated carbocycles. The van der Waals surface area contributed by atoms with Crippen molar-refractivity contribution in [1.82, 2.24) is 10.2 Å². The summed E-state index contributed by atoms with van der Waals surface area (Å²) in [6.45, 7) is 4.09. The zero-order valence-corrected chi connectivity index (χ0v) is 15.3. The van der Waals surface area contributed by atoms with Gasteiger partial charge in [0.15, 0.2) is 11.5 Å². The number of anilines is 1. The Bertz CT molecular complexity index is 773. The molecule has 6 heteroatoms. The normalized spacial score (nSPS) is 16.9. The van der Waals surface area contributed by atoms with Gasteiger partial charge in [0, 0.05) is 24.8 Å². The Kier molecular flexibility index (Phi) is 5.44. The maximum atomic E-state index is 12.2. The van der Waals surface area contributed by atoms with Crippen LogP contribution in [0.15, 0.2) is 48.5 Å². The van der Waals surface area contributed by atoms with Crippen LogP contribution in [0.1, 0.15) is 18.4 Å². The van der Waals surface area contributed by atoms with E-state index in [0.29, 0.717) is 29.6 Å². The lowest BCUT2D eigenvalue weighted by Gasteiger charge is -2.32. The number of benzene rings is 2. The molecule has 0 spiro atoms. The van der Waals surface area contributed by atoms with Crippen LogP contribution in [-0.4, -0.2) is 37.4 Å². The molecule has 2 aliphatic rings. The molecule has 0 unspecified atom stereocenters. The molecule has 0 aliphatic carbocycles. The van der Waals surface area contributed by atoms with E-state index in [9.17, 15) is 4.79 Å². The molecule has 2 aromatic carbocycles. The number of likely N-dealkylation sites (tertiary alicyclic amines) is 1. The lowest BCUT2D eigenvalue weighted by Crippen LogP contribution is -2.39. The van der Waals surface area contributed by atoms with Crippen molar-refractivity contribution in [2.75, 3.05) is 31.7 Å². The maximum absolute atomic E-state index is 12.2. The molecule has 4 rings (SSSR count). The maximum Gasteiger partial charge on any atom is 0.319 e. The number of hydrogen-bond donors (Lipinski definition) is 2. The number of rotatable bonds is 5. The predicted octanol–water partition coefficient (Wildman–Crippen LogP) is 3.45. The number of carbonyl (C=O) groups is 1. The highest BCUT2D eigenvalue weighted by Crippen LogP contribution is 2.34. The number of ether oxygens (including phenoxy) is 2. The summed E-state index contributed by atoms with van der Waals surface area (Å²) in [6.07, 6.45) is 2.22. The van der Waals surface area contributed by atoms with Gasteiger partial charge in [0.05, 0.1) is 0 Å². The Hall–Kier alpha value is -2.73. The van der Waals surface area contributed by atoms with Gasteiger partial charge in [-0.2, -0.15) is 0 Å². The number of fused-ring (bicyclic) bond motifs is 1. The third kappa shape index (κ3) is 4.71. The van der Waals surface area contributed by atoms with Crippen molar-refractivity contribution in [2.45, 2.75) is 19.4 Å². The molecule has 1 fully saturated rings. The van der Waals surface area contributed by atoms with Crippen molar-refractivity contribution in [2.24, 2.45) is 5.92 Å². The lowest BCUT2D eigenvalue weighted by atomic mass is 9.96. The Balaban J connectivity index is 1.18. The summed E-state index contributed by atoms with van der Waals surface area (Å²) in [7, 11) is 0. The number of amides is 2. The van der Waals surface area contributed by atoms with E-state index in [4.69, 9.17) is 9.47 Å². The fourth-order valence-corrected chi connectivity index (χ4v) is 3.58. The zero-order chi connectivity index (χ0) is 18.5. The molecular weight excluding hydrogens is 342 g/mol. The number of piperidine rings is 1. The van der Waals surface area contributed by atoms with E-state index in [0.717, 1.165) is 32.5 Å². The molecule has 2 aromatic rings. The zero-order valence-electron chi connectivity index (χ0n) is 15.3. The van der Waals surface area contributed by atoms with Gasteiger partial charge in [0.2, 0.25) is 6.79 Å². The van der Waals surface area contributed by atoms with Gasteiger partial charge in [0.25, 0.3) is 0 Å². The molecule has 0 bridgehead atoms. The first-order chi connectivity index (χ1) is 13.3. The average Bonchev–Trinajstić information content (AvgIpc) is 3.16. The first-order valence-electron chi connectivity index (χ1n) is 9.47. The molecule has 0 atom stereocenters. The summed E-state index contributed by atoms with van der Waals surface area (Å²) in [6, 6.07) is 15.8. The molecule has 2 heterocycles. The Morgan fingerprint density at radius 1 is 1.04 bits per heavy atom. The van der Waals surface area contributed by atoms with E-state index < -0.39 is 0 Å². The van der Waals surface area contributed by atoms with Crippen LogP contribution in [0.3, 0.4) is 0 Å². The molecule has 1 saturated heterocycles. The van der Waals surface area contributed by atoms with Crippen LogP contribution in [-0.2, 0) is 6.54 Å². The third-order valence-electron chi connectivity index (χ3n) is 5.14. The standard InChI is InChI=1S/C21H25N3O3/c25-21(23-18-6-7-19-20(12-18)27-15-26-19)22-13-16-8-10-24(11-9-16)14-17-4-2-1-3-5-17/h1-7,12,16H,8-11,13-15H2,(H2,22,23,25). The van der Waals surface area contributed by atoms with Crippen LogP contribution >= 0.6 is 0 Å².